The molecule has 0 aliphatic rings. The van der Waals surface area contributed by atoms with E-state index in [1.807, 2.05) is 0 Å². The van der Waals surface area contributed by atoms with E-state index in [0.29, 0.717) is 26.0 Å². The highest BCUT2D eigenvalue weighted by molar-refractivity contribution is 7.89. The zero-order valence-corrected chi connectivity index (χ0v) is 11.5. The van der Waals surface area contributed by atoms with Gasteiger partial charge >= 0.3 is 0 Å². The second-order valence-electron chi connectivity index (χ2n) is 3.77. The third kappa shape index (κ3) is 7.30. The van der Waals surface area contributed by atoms with Crippen LogP contribution in [-0.4, -0.2) is 58.2 Å². The summed E-state index contributed by atoms with van der Waals surface area (Å²) in [5, 5.41) is 2.64. The molecule has 0 heterocycles. The quantitative estimate of drug-likeness (QED) is 0.587. The van der Waals surface area contributed by atoms with Crippen LogP contribution in [0.25, 0.3) is 0 Å². The van der Waals surface area contributed by atoms with Gasteiger partial charge in [0.25, 0.3) is 0 Å². The molecule has 0 rings (SSSR count). The number of nitrogens with zero attached hydrogens (tertiary/aromatic N) is 1. The van der Waals surface area contributed by atoms with Crippen LogP contribution in [0.5, 0.6) is 0 Å². The Morgan fingerprint density at radius 3 is 2.59 bits per heavy atom. The summed E-state index contributed by atoms with van der Waals surface area (Å²) in [5.74, 6) is -0.219. The van der Waals surface area contributed by atoms with Crippen LogP contribution in [0.15, 0.2) is 0 Å². The molecule has 1 N–H and O–H groups in total. The molecule has 17 heavy (non-hydrogen) atoms. The first-order valence-electron chi connectivity index (χ1n) is 5.63. The number of sulfonamides is 1. The summed E-state index contributed by atoms with van der Waals surface area (Å²) < 4.78 is 29.1. The largest absolute Gasteiger partial charge is 0.385 e. The summed E-state index contributed by atoms with van der Waals surface area (Å²) in [6.07, 6.45) is 1.26. The Morgan fingerprint density at radius 2 is 2.06 bits per heavy atom. The maximum Gasteiger partial charge on any atom is 0.235 e. The van der Waals surface area contributed by atoms with E-state index in [0.717, 1.165) is 4.31 Å². The Bertz CT molecular complexity index is 316. The number of ether oxygens (including phenoxy) is 1. The second-order valence-corrected chi connectivity index (χ2v) is 5.96. The van der Waals surface area contributed by atoms with E-state index in [4.69, 9.17) is 4.74 Å². The smallest absolute Gasteiger partial charge is 0.235 e. The van der Waals surface area contributed by atoms with Crippen molar-refractivity contribution in [1.82, 2.24) is 9.62 Å². The van der Waals surface area contributed by atoms with Crippen LogP contribution >= 0.6 is 0 Å². The highest BCUT2D eigenvalue weighted by Crippen LogP contribution is 1.99. The van der Waals surface area contributed by atoms with Gasteiger partial charge < -0.3 is 10.1 Å². The number of likely N-dealkylation sites (N-methyl/N-ethyl adjacent to an activating group) is 1. The molecular weight excluding hydrogens is 244 g/mol. The molecule has 0 aliphatic carbocycles. The van der Waals surface area contributed by atoms with E-state index in [1.165, 1.54) is 7.05 Å². The molecule has 0 aliphatic heterocycles. The van der Waals surface area contributed by atoms with Gasteiger partial charge in [0.15, 0.2) is 0 Å². The average molecular weight is 266 g/mol. The summed E-state index contributed by atoms with van der Waals surface area (Å²) >= 11 is 0. The molecule has 0 atom stereocenters. The first-order chi connectivity index (χ1) is 7.94. The van der Waals surface area contributed by atoms with E-state index in [-0.39, 0.29) is 18.2 Å². The number of methoxy groups -OCH3 is 1. The molecular formula is C10H22N2O4S. The molecule has 0 fully saturated rings. The predicted octanol–water partition coefficient (Wildman–Crippen LogP) is -0.189. The monoisotopic (exact) mass is 266 g/mol. The van der Waals surface area contributed by atoms with Crippen LogP contribution in [0.1, 0.15) is 19.8 Å². The Morgan fingerprint density at radius 1 is 1.41 bits per heavy atom. The molecule has 0 aromatic carbocycles. The average Bonchev–Trinajstić information content (AvgIpc) is 2.24. The van der Waals surface area contributed by atoms with Crippen LogP contribution < -0.4 is 5.32 Å². The zero-order chi connectivity index (χ0) is 13.3. The minimum absolute atomic E-state index is 0.0699. The number of rotatable bonds is 9. The minimum Gasteiger partial charge on any atom is -0.385 e. The lowest BCUT2D eigenvalue weighted by molar-refractivity contribution is -0.121. The number of nitrogens with one attached hydrogen (secondary N) is 1. The van der Waals surface area contributed by atoms with Gasteiger partial charge in [0.05, 0.1) is 12.3 Å². The second kappa shape index (κ2) is 8.43. The summed E-state index contributed by atoms with van der Waals surface area (Å²) in [6.45, 7) is 2.73. The van der Waals surface area contributed by atoms with Crippen molar-refractivity contribution in [2.45, 2.75) is 19.8 Å². The molecule has 0 aromatic heterocycles. The molecule has 0 radical (unpaired) electrons. The fourth-order valence-corrected chi connectivity index (χ4v) is 2.36. The lowest BCUT2D eigenvalue weighted by atomic mass is 10.4. The van der Waals surface area contributed by atoms with Crippen molar-refractivity contribution >= 4 is 15.9 Å². The third-order valence-electron chi connectivity index (χ3n) is 2.15. The SMILES string of the molecule is CCCS(=O)(=O)N(C)CC(=O)NCCCOC. The summed E-state index contributed by atoms with van der Waals surface area (Å²) in [6, 6.07) is 0. The van der Waals surface area contributed by atoms with Crippen LogP contribution in [0, 0.1) is 0 Å². The lowest BCUT2D eigenvalue weighted by Crippen LogP contribution is -2.39. The third-order valence-corrected chi connectivity index (χ3v) is 4.15. The van der Waals surface area contributed by atoms with E-state index >= 15 is 0 Å². The van der Waals surface area contributed by atoms with Gasteiger partial charge in [-0.25, -0.2) is 8.42 Å². The molecule has 7 heteroatoms. The highest BCUT2D eigenvalue weighted by Gasteiger charge is 2.18. The van der Waals surface area contributed by atoms with Gasteiger partial charge in [-0.3, -0.25) is 4.79 Å². The van der Waals surface area contributed by atoms with Crippen molar-refractivity contribution in [2.75, 3.05) is 39.6 Å². The van der Waals surface area contributed by atoms with Crippen molar-refractivity contribution in [1.29, 1.82) is 0 Å². The lowest BCUT2D eigenvalue weighted by Gasteiger charge is -2.16. The Balaban J connectivity index is 3.95. The molecule has 0 spiro atoms. The first-order valence-corrected chi connectivity index (χ1v) is 7.24. The molecule has 6 nitrogen and oxygen atoms in total. The molecule has 0 bridgehead atoms. The molecule has 0 aromatic rings. The predicted molar refractivity (Wildman–Crippen MR) is 66.2 cm³/mol. The summed E-state index contributed by atoms with van der Waals surface area (Å²) in [7, 11) is -0.286. The van der Waals surface area contributed by atoms with Crippen LogP contribution in [0.3, 0.4) is 0 Å². The fraction of sp³-hybridized carbons (Fsp3) is 0.900. The maximum atomic E-state index is 11.6. The van der Waals surface area contributed by atoms with Crippen molar-refractivity contribution in [2.24, 2.45) is 0 Å². The number of hydrogen-bond donors (Lipinski definition) is 1. The van der Waals surface area contributed by atoms with Crippen molar-refractivity contribution in [3.05, 3.63) is 0 Å². The van der Waals surface area contributed by atoms with Gasteiger partial charge in [0.1, 0.15) is 0 Å². The summed E-state index contributed by atoms with van der Waals surface area (Å²) in [5.41, 5.74) is 0. The van der Waals surface area contributed by atoms with Crippen LogP contribution in [0.4, 0.5) is 0 Å². The standard InChI is InChI=1S/C10H22N2O4S/c1-4-8-17(14,15)12(2)9-10(13)11-6-5-7-16-3/h4-9H2,1-3H3,(H,11,13). The summed E-state index contributed by atoms with van der Waals surface area (Å²) in [4.78, 5) is 11.4. The molecule has 0 unspecified atom stereocenters. The van der Waals surface area contributed by atoms with Gasteiger partial charge in [0, 0.05) is 27.3 Å². The Labute approximate surface area is 103 Å². The molecule has 102 valence electrons. The topological polar surface area (TPSA) is 75.7 Å². The normalized spacial score (nSPS) is 11.8. The molecule has 0 saturated carbocycles. The minimum atomic E-state index is -3.29. The molecule has 0 saturated heterocycles. The Hall–Kier alpha value is -0.660. The molecule has 1 amide bonds. The number of carbonyl (C=O) groups is 1. The van der Waals surface area contributed by atoms with Gasteiger partial charge in [-0.15, -0.1) is 0 Å². The van der Waals surface area contributed by atoms with E-state index in [1.54, 1.807) is 14.0 Å². The van der Waals surface area contributed by atoms with Crippen molar-refractivity contribution in [3.8, 4) is 0 Å². The van der Waals surface area contributed by atoms with E-state index in [9.17, 15) is 13.2 Å². The van der Waals surface area contributed by atoms with Crippen LogP contribution in [0.2, 0.25) is 0 Å². The van der Waals surface area contributed by atoms with Gasteiger partial charge in [-0.2, -0.15) is 4.31 Å². The van der Waals surface area contributed by atoms with Crippen LogP contribution in [-0.2, 0) is 19.6 Å². The van der Waals surface area contributed by atoms with Gasteiger partial charge in [-0.05, 0) is 12.8 Å². The van der Waals surface area contributed by atoms with E-state index in [2.05, 4.69) is 5.32 Å². The van der Waals surface area contributed by atoms with Gasteiger partial charge in [-0.1, -0.05) is 6.92 Å². The van der Waals surface area contributed by atoms with Crippen molar-refractivity contribution < 1.29 is 17.9 Å². The first kappa shape index (κ1) is 16.3. The number of carbonyl (C=O) groups excluding carboxylic acids is 1. The van der Waals surface area contributed by atoms with Crippen molar-refractivity contribution in [3.63, 3.8) is 0 Å². The fourth-order valence-electron chi connectivity index (χ4n) is 1.21. The van der Waals surface area contributed by atoms with E-state index < -0.39 is 10.0 Å². The highest BCUT2D eigenvalue weighted by atomic mass is 32.2. The Kier molecular flexibility index (Phi) is 8.11. The van der Waals surface area contributed by atoms with Gasteiger partial charge in [0.2, 0.25) is 15.9 Å². The maximum absolute atomic E-state index is 11.6. The number of hydrogen-bond acceptors (Lipinski definition) is 4. The zero-order valence-electron chi connectivity index (χ0n) is 10.7. The number of amides is 1.